The molecule has 1 aromatic heterocycles. The SMILES string of the molecule is O=C(CN1c2nc(N3CCOCC3)c(F)c(=O)n2CC[C@H]1C(F)(F)F)N1CCC12COC2. The highest BCUT2D eigenvalue weighted by molar-refractivity contribution is 5.83. The second kappa shape index (κ2) is 7.58. The Morgan fingerprint density at radius 2 is 1.84 bits per heavy atom. The Bertz CT molecular complexity index is 968. The van der Waals surface area contributed by atoms with E-state index in [1.807, 2.05) is 0 Å². The van der Waals surface area contributed by atoms with Gasteiger partial charge in [-0.15, -0.1) is 0 Å². The molecule has 0 N–H and O–H groups in total. The van der Waals surface area contributed by atoms with Crippen LogP contribution in [0.1, 0.15) is 12.8 Å². The number of hydrogen-bond donors (Lipinski definition) is 0. The van der Waals surface area contributed by atoms with E-state index in [4.69, 9.17) is 9.47 Å². The summed E-state index contributed by atoms with van der Waals surface area (Å²) < 4.78 is 67.8. The van der Waals surface area contributed by atoms with E-state index in [1.54, 1.807) is 0 Å². The number of fused-ring (bicyclic) bond motifs is 1. The van der Waals surface area contributed by atoms with Crippen molar-refractivity contribution in [2.24, 2.45) is 0 Å². The lowest BCUT2D eigenvalue weighted by molar-refractivity contribution is -0.199. The van der Waals surface area contributed by atoms with Crippen molar-refractivity contribution in [3.8, 4) is 0 Å². The van der Waals surface area contributed by atoms with E-state index in [2.05, 4.69) is 4.98 Å². The molecule has 4 aliphatic rings. The number of carbonyl (C=O) groups excluding carboxylic acids is 1. The summed E-state index contributed by atoms with van der Waals surface area (Å²) in [5.41, 5.74) is -1.47. The lowest BCUT2D eigenvalue weighted by atomic mass is 9.82. The Morgan fingerprint density at radius 1 is 1.12 bits per heavy atom. The Balaban J connectivity index is 1.52. The summed E-state index contributed by atoms with van der Waals surface area (Å²) in [6, 6.07) is -2.00. The molecular formula is C19H23F4N5O4. The van der Waals surface area contributed by atoms with Crippen LogP contribution in [0.4, 0.5) is 29.3 Å². The van der Waals surface area contributed by atoms with Crippen LogP contribution in [0, 0.1) is 5.82 Å². The smallest absolute Gasteiger partial charge is 0.378 e. The van der Waals surface area contributed by atoms with Gasteiger partial charge in [-0.1, -0.05) is 0 Å². The predicted octanol–water partition coefficient (Wildman–Crippen LogP) is 0.361. The predicted molar refractivity (Wildman–Crippen MR) is 103 cm³/mol. The zero-order chi connectivity index (χ0) is 22.7. The Kier molecular flexibility index (Phi) is 5.08. The maximum atomic E-state index is 14.8. The maximum absolute atomic E-state index is 14.8. The summed E-state index contributed by atoms with van der Waals surface area (Å²) in [7, 11) is 0. The maximum Gasteiger partial charge on any atom is 0.408 e. The molecule has 0 saturated carbocycles. The first-order valence-electron chi connectivity index (χ1n) is 10.6. The number of amides is 1. The number of rotatable bonds is 3. The van der Waals surface area contributed by atoms with Gasteiger partial charge in [0, 0.05) is 26.2 Å². The fraction of sp³-hybridized carbons (Fsp3) is 0.737. The molecule has 9 nitrogen and oxygen atoms in total. The quantitative estimate of drug-likeness (QED) is 0.602. The molecule has 4 aliphatic heterocycles. The number of alkyl halides is 3. The molecule has 1 spiro atoms. The fourth-order valence-electron chi connectivity index (χ4n) is 4.78. The normalized spacial score (nSPS) is 24.8. The van der Waals surface area contributed by atoms with Gasteiger partial charge in [-0.05, 0) is 12.8 Å². The Morgan fingerprint density at radius 3 is 2.41 bits per heavy atom. The second-order valence-corrected chi connectivity index (χ2v) is 8.59. The van der Waals surface area contributed by atoms with Crippen molar-refractivity contribution < 1.29 is 31.8 Å². The first kappa shape index (κ1) is 21.4. The lowest BCUT2D eigenvalue weighted by Gasteiger charge is -2.58. The molecule has 1 atom stereocenters. The van der Waals surface area contributed by atoms with E-state index >= 15 is 0 Å². The number of likely N-dealkylation sites (tertiary alicyclic amines) is 1. The molecule has 0 bridgehead atoms. The van der Waals surface area contributed by atoms with Gasteiger partial charge in [0.25, 0.3) is 5.56 Å². The van der Waals surface area contributed by atoms with Gasteiger partial charge in [0.05, 0.1) is 32.0 Å². The zero-order valence-electron chi connectivity index (χ0n) is 17.2. The van der Waals surface area contributed by atoms with Gasteiger partial charge in [0.15, 0.2) is 5.82 Å². The number of nitrogens with zero attached hydrogens (tertiary/aromatic N) is 5. The van der Waals surface area contributed by atoms with Crippen LogP contribution in [0.25, 0.3) is 0 Å². The van der Waals surface area contributed by atoms with Crippen molar-refractivity contribution in [1.82, 2.24) is 14.5 Å². The van der Waals surface area contributed by atoms with E-state index in [0.717, 1.165) is 15.9 Å². The molecule has 5 rings (SSSR count). The molecular weight excluding hydrogens is 438 g/mol. The van der Waals surface area contributed by atoms with E-state index < -0.39 is 48.0 Å². The molecule has 13 heteroatoms. The summed E-state index contributed by atoms with van der Waals surface area (Å²) in [5, 5.41) is 0. The molecule has 1 aromatic rings. The van der Waals surface area contributed by atoms with E-state index in [0.29, 0.717) is 19.8 Å². The molecule has 3 saturated heterocycles. The van der Waals surface area contributed by atoms with Crippen molar-refractivity contribution in [3.05, 3.63) is 16.2 Å². The van der Waals surface area contributed by atoms with Crippen LogP contribution in [-0.4, -0.2) is 90.7 Å². The average molecular weight is 461 g/mol. The Hall–Kier alpha value is -2.41. The zero-order valence-corrected chi connectivity index (χ0v) is 17.2. The topological polar surface area (TPSA) is 80.1 Å². The number of aromatic nitrogens is 2. The number of ether oxygens (including phenoxy) is 2. The third-order valence-corrected chi connectivity index (χ3v) is 6.75. The average Bonchev–Trinajstić information content (AvgIpc) is 2.68. The van der Waals surface area contributed by atoms with Crippen LogP contribution < -0.4 is 15.4 Å². The number of morpholine rings is 1. The Labute approximate surface area is 180 Å². The van der Waals surface area contributed by atoms with E-state index in [1.165, 1.54) is 9.80 Å². The molecule has 1 amide bonds. The molecule has 32 heavy (non-hydrogen) atoms. The van der Waals surface area contributed by atoms with Gasteiger partial charge in [-0.25, -0.2) is 0 Å². The molecule has 0 aliphatic carbocycles. The number of halogens is 4. The van der Waals surface area contributed by atoms with Gasteiger partial charge < -0.3 is 24.2 Å². The van der Waals surface area contributed by atoms with Crippen LogP contribution in [-0.2, 0) is 20.8 Å². The third kappa shape index (κ3) is 3.33. The van der Waals surface area contributed by atoms with Crippen LogP contribution in [0.15, 0.2) is 4.79 Å². The highest BCUT2D eigenvalue weighted by Crippen LogP contribution is 2.39. The van der Waals surface area contributed by atoms with E-state index in [9.17, 15) is 27.2 Å². The first-order chi connectivity index (χ1) is 15.2. The van der Waals surface area contributed by atoms with Gasteiger partial charge >= 0.3 is 6.18 Å². The molecule has 3 fully saturated rings. The van der Waals surface area contributed by atoms with Crippen molar-refractivity contribution in [2.45, 2.75) is 37.1 Å². The fourth-order valence-corrected chi connectivity index (χ4v) is 4.78. The summed E-state index contributed by atoms with van der Waals surface area (Å²) in [5.74, 6) is -2.24. The molecule has 5 heterocycles. The molecule has 0 radical (unpaired) electrons. The number of anilines is 2. The largest absolute Gasteiger partial charge is 0.408 e. The monoisotopic (exact) mass is 461 g/mol. The highest BCUT2D eigenvalue weighted by Gasteiger charge is 2.54. The van der Waals surface area contributed by atoms with Crippen LogP contribution in [0.3, 0.4) is 0 Å². The van der Waals surface area contributed by atoms with Crippen molar-refractivity contribution in [1.29, 1.82) is 0 Å². The van der Waals surface area contributed by atoms with Gasteiger partial charge in [-0.3, -0.25) is 14.2 Å². The minimum Gasteiger partial charge on any atom is -0.378 e. The van der Waals surface area contributed by atoms with Crippen LogP contribution >= 0.6 is 0 Å². The summed E-state index contributed by atoms with van der Waals surface area (Å²) in [6.07, 6.45) is -4.39. The van der Waals surface area contributed by atoms with Crippen molar-refractivity contribution in [2.75, 3.05) is 62.4 Å². The van der Waals surface area contributed by atoms with Crippen molar-refractivity contribution >= 4 is 17.7 Å². The third-order valence-electron chi connectivity index (χ3n) is 6.75. The highest BCUT2D eigenvalue weighted by atomic mass is 19.4. The van der Waals surface area contributed by atoms with Gasteiger partial charge in [0.1, 0.15) is 12.6 Å². The minimum absolute atomic E-state index is 0.255. The molecule has 176 valence electrons. The van der Waals surface area contributed by atoms with Crippen LogP contribution in [0.5, 0.6) is 0 Å². The van der Waals surface area contributed by atoms with Gasteiger partial charge in [-0.2, -0.15) is 22.5 Å². The molecule has 0 unspecified atom stereocenters. The minimum atomic E-state index is -4.65. The number of carbonyl (C=O) groups is 1. The van der Waals surface area contributed by atoms with Crippen molar-refractivity contribution in [3.63, 3.8) is 0 Å². The first-order valence-corrected chi connectivity index (χ1v) is 10.6. The summed E-state index contributed by atoms with van der Waals surface area (Å²) in [6.45, 7) is 1.30. The van der Waals surface area contributed by atoms with Crippen LogP contribution in [0.2, 0.25) is 0 Å². The second-order valence-electron chi connectivity index (χ2n) is 8.59. The van der Waals surface area contributed by atoms with Gasteiger partial charge in [0.2, 0.25) is 17.7 Å². The summed E-state index contributed by atoms with van der Waals surface area (Å²) >= 11 is 0. The standard InChI is InChI=1S/C19H23F4N5O4/c20-14-15(25-5-7-31-8-6-25)24-17-26(16(14)30)3-1-12(19(21,22)23)27(17)9-13(29)28-4-2-18(28)10-32-11-18/h12H,1-11H2/t12-/m0/s1. The number of hydrogen-bond acceptors (Lipinski definition) is 7. The van der Waals surface area contributed by atoms with E-state index in [-0.39, 0.29) is 44.6 Å². The lowest BCUT2D eigenvalue weighted by Crippen LogP contribution is -2.73. The molecule has 0 aromatic carbocycles. The summed E-state index contributed by atoms with van der Waals surface area (Å²) in [4.78, 5) is 33.6.